The summed E-state index contributed by atoms with van der Waals surface area (Å²) in [6.45, 7) is 5.32. The largest absolute Gasteiger partial charge is 0.456 e. The maximum absolute atomic E-state index is 11.6. The van der Waals surface area contributed by atoms with Gasteiger partial charge in [-0.2, -0.15) is 0 Å². The number of esters is 1. The molecule has 2 saturated heterocycles. The number of halogens is 1. The summed E-state index contributed by atoms with van der Waals surface area (Å²) in [5.41, 5.74) is -0.943. The predicted octanol–water partition coefficient (Wildman–Crippen LogP) is 1.22. The highest BCUT2D eigenvalue weighted by molar-refractivity contribution is 9.09. The lowest BCUT2D eigenvalue weighted by atomic mass is 9.99. The third-order valence-electron chi connectivity index (χ3n) is 2.56. The van der Waals surface area contributed by atoms with Gasteiger partial charge in [-0.05, 0) is 20.8 Å². The summed E-state index contributed by atoms with van der Waals surface area (Å²) in [6.07, 6.45) is -0.571. The van der Waals surface area contributed by atoms with E-state index in [1.807, 2.05) is 0 Å². The topological polar surface area (TPSA) is 44.8 Å². The molecule has 0 radical (unpaired) electrons. The number of fused-ring (bicyclic) bond motifs is 1. The van der Waals surface area contributed by atoms with Gasteiger partial charge in [0, 0.05) is 5.33 Å². The van der Waals surface area contributed by atoms with E-state index in [1.165, 1.54) is 0 Å². The van der Waals surface area contributed by atoms with Crippen LogP contribution in [0.15, 0.2) is 0 Å². The second-order valence-corrected chi connectivity index (χ2v) is 4.89. The number of cyclic esters (lactones) is 1. The molecule has 80 valence electrons. The van der Waals surface area contributed by atoms with E-state index >= 15 is 0 Å². The van der Waals surface area contributed by atoms with E-state index in [1.54, 1.807) is 20.8 Å². The highest BCUT2D eigenvalue weighted by Gasteiger charge is 2.64. The van der Waals surface area contributed by atoms with Crippen molar-refractivity contribution in [3.05, 3.63) is 0 Å². The highest BCUT2D eigenvalue weighted by Crippen LogP contribution is 2.43. The maximum atomic E-state index is 11.6. The minimum Gasteiger partial charge on any atom is -0.456 e. The molecule has 4 nitrogen and oxygen atoms in total. The molecule has 3 atom stereocenters. The second kappa shape index (κ2) is 2.93. The number of hydrogen-bond acceptors (Lipinski definition) is 4. The van der Waals surface area contributed by atoms with Crippen LogP contribution in [-0.2, 0) is 19.0 Å². The Hall–Kier alpha value is -0.130. The van der Waals surface area contributed by atoms with E-state index in [-0.39, 0.29) is 18.2 Å². The molecule has 2 fully saturated rings. The van der Waals surface area contributed by atoms with Crippen molar-refractivity contribution in [2.24, 2.45) is 0 Å². The van der Waals surface area contributed by atoms with E-state index in [2.05, 4.69) is 15.9 Å². The predicted molar refractivity (Wildman–Crippen MR) is 52.1 cm³/mol. The van der Waals surface area contributed by atoms with Crippen LogP contribution in [0.5, 0.6) is 0 Å². The summed E-state index contributed by atoms with van der Waals surface area (Å²) in [5, 5.41) is 0.568. The van der Waals surface area contributed by atoms with E-state index in [0.717, 1.165) is 0 Å². The van der Waals surface area contributed by atoms with Crippen LogP contribution in [0.25, 0.3) is 0 Å². The Morgan fingerprint density at radius 1 is 1.43 bits per heavy atom. The van der Waals surface area contributed by atoms with Gasteiger partial charge in [-0.1, -0.05) is 15.9 Å². The first-order valence-corrected chi connectivity index (χ1v) is 5.66. The van der Waals surface area contributed by atoms with Gasteiger partial charge in [-0.25, -0.2) is 4.79 Å². The summed E-state index contributed by atoms with van der Waals surface area (Å²) in [5.74, 6) is -1.04. The van der Waals surface area contributed by atoms with Crippen LogP contribution in [0.1, 0.15) is 20.8 Å². The monoisotopic (exact) mass is 264 g/mol. The molecule has 0 aliphatic carbocycles. The van der Waals surface area contributed by atoms with Gasteiger partial charge in [-0.15, -0.1) is 0 Å². The fourth-order valence-electron chi connectivity index (χ4n) is 2.03. The lowest BCUT2D eigenvalue weighted by Crippen LogP contribution is -2.41. The summed E-state index contributed by atoms with van der Waals surface area (Å²) in [6, 6.07) is 0. The summed E-state index contributed by atoms with van der Waals surface area (Å²) >= 11 is 3.29. The third-order valence-corrected chi connectivity index (χ3v) is 3.20. The van der Waals surface area contributed by atoms with Crippen molar-refractivity contribution in [3.8, 4) is 0 Å². The first-order chi connectivity index (χ1) is 6.39. The highest BCUT2D eigenvalue weighted by atomic mass is 79.9. The third kappa shape index (κ3) is 1.30. The molecule has 0 saturated carbocycles. The second-order valence-electron chi connectivity index (χ2n) is 4.25. The number of carbonyl (C=O) groups is 1. The quantitative estimate of drug-likeness (QED) is 0.528. The minimum atomic E-state index is -0.943. The molecule has 0 aromatic heterocycles. The Morgan fingerprint density at radius 3 is 2.64 bits per heavy atom. The average molecular weight is 265 g/mol. The molecule has 14 heavy (non-hydrogen) atoms. The standard InChI is InChI=1S/C9H13BrO4/c1-8(2)13-6-5(4-10)12-7(11)9(6,3)14-8/h5-6H,4H2,1-3H3. The Balaban J connectivity index is 2.30. The van der Waals surface area contributed by atoms with Crippen molar-refractivity contribution in [3.63, 3.8) is 0 Å². The number of rotatable bonds is 1. The van der Waals surface area contributed by atoms with Crippen LogP contribution >= 0.6 is 15.9 Å². The molecule has 0 spiro atoms. The van der Waals surface area contributed by atoms with E-state index < -0.39 is 11.4 Å². The van der Waals surface area contributed by atoms with Crippen LogP contribution in [0, 0.1) is 0 Å². The number of carbonyl (C=O) groups excluding carboxylic acids is 1. The first kappa shape index (κ1) is 10.4. The molecular formula is C9H13BrO4. The fraction of sp³-hybridized carbons (Fsp3) is 0.889. The fourth-order valence-corrected chi connectivity index (χ4v) is 2.50. The van der Waals surface area contributed by atoms with Gasteiger partial charge < -0.3 is 14.2 Å². The molecule has 0 N–H and O–H groups in total. The Bertz CT molecular complexity index is 278. The van der Waals surface area contributed by atoms with Crippen molar-refractivity contribution in [1.29, 1.82) is 0 Å². The van der Waals surface area contributed by atoms with Gasteiger partial charge in [0.2, 0.25) is 0 Å². The summed E-state index contributed by atoms with van der Waals surface area (Å²) < 4.78 is 16.4. The lowest BCUT2D eigenvalue weighted by molar-refractivity contribution is -0.195. The minimum absolute atomic E-state index is 0.255. The van der Waals surface area contributed by atoms with Gasteiger partial charge in [0.25, 0.3) is 0 Å². The lowest BCUT2D eigenvalue weighted by Gasteiger charge is -2.21. The molecule has 2 aliphatic rings. The molecular weight excluding hydrogens is 252 g/mol. The van der Waals surface area contributed by atoms with E-state index in [9.17, 15) is 4.79 Å². The van der Waals surface area contributed by atoms with Gasteiger partial charge in [0.05, 0.1) is 0 Å². The zero-order valence-corrected chi connectivity index (χ0v) is 9.96. The number of ether oxygens (including phenoxy) is 3. The Labute approximate surface area is 91.0 Å². The molecule has 3 unspecified atom stereocenters. The van der Waals surface area contributed by atoms with Crippen molar-refractivity contribution in [2.75, 3.05) is 5.33 Å². The average Bonchev–Trinajstić information content (AvgIpc) is 2.42. The Kier molecular flexibility index (Phi) is 2.18. The van der Waals surface area contributed by atoms with Crippen molar-refractivity contribution in [1.82, 2.24) is 0 Å². The normalized spacial score (nSPS) is 45.0. The molecule has 5 heteroatoms. The maximum Gasteiger partial charge on any atom is 0.341 e. The first-order valence-electron chi connectivity index (χ1n) is 4.54. The summed E-state index contributed by atoms with van der Waals surface area (Å²) in [7, 11) is 0. The van der Waals surface area contributed by atoms with Gasteiger partial charge in [0.15, 0.2) is 11.4 Å². The van der Waals surface area contributed by atoms with Crippen LogP contribution in [0.3, 0.4) is 0 Å². The molecule has 2 heterocycles. The molecule has 2 rings (SSSR count). The SMILES string of the molecule is CC1(C)OC2C(CBr)OC(=O)C2(C)O1. The van der Waals surface area contributed by atoms with Gasteiger partial charge in [-0.3, -0.25) is 0 Å². The summed E-state index contributed by atoms with van der Waals surface area (Å²) in [4.78, 5) is 11.6. The molecule has 0 aromatic rings. The van der Waals surface area contributed by atoms with Gasteiger partial charge in [0.1, 0.15) is 12.2 Å². The Morgan fingerprint density at radius 2 is 2.07 bits per heavy atom. The van der Waals surface area contributed by atoms with Crippen LogP contribution < -0.4 is 0 Å². The van der Waals surface area contributed by atoms with Crippen molar-refractivity contribution >= 4 is 21.9 Å². The van der Waals surface area contributed by atoms with Gasteiger partial charge >= 0.3 is 5.97 Å². The van der Waals surface area contributed by atoms with E-state index in [4.69, 9.17) is 14.2 Å². The van der Waals surface area contributed by atoms with Crippen LogP contribution in [0.4, 0.5) is 0 Å². The van der Waals surface area contributed by atoms with Crippen LogP contribution in [0.2, 0.25) is 0 Å². The van der Waals surface area contributed by atoms with E-state index in [0.29, 0.717) is 5.33 Å². The molecule has 0 amide bonds. The van der Waals surface area contributed by atoms with Crippen molar-refractivity contribution < 1.29 is 19.0 Å². The molecule has 2 aliphatic heterocycles. The number of alkyl halides is 1. The zero-order valence-electron chi connectivity index (χ0n) is 8.37. The molecule has 0 bridgehead atoms. The van der Waals surface area contributed by atoms with Crippen molar-refractivity contribution in [2.45, 2.75) is 44.4 Å². The number of hydrogen-bond donors (Lipinski definition) is 0. The van der Waals surface area contributed by atoms with Crippen LogP contribution in [-0.4, -0.2) is 34.9 Å². The smallest absolute Gasteiger partial charge is 0.341 e. The molecule has 0 aromatic carbocycles. The zero-order chi connectivity index (χ0) is 10.6.